The number of amides is 1. The van der Waals surface area contributed by atoms with Crippen LogP contribution in [0.5, 0.6) is 0 Å². The summed E-state index contributed by atoms with van der Waals surface area (Å²) in [5.74, 6) is 1.31. The summed E-state index contributed by atoms with van der Waals surface area (Å²) in [5, 5.41) is 15.9. The molecule has 5 aromatic rings. The Labute approximate surface area is 164 Å². The van der Waals surface area contributed by atoms with E-state index in [0.29, 0.717) is 28.9 Å². The van der Waals surface area contributed by atoms with Crippen LogP contribution in [-0.4, -0.2) is 35.6 Å². The molecule has 0 bridgehead atoms. The van der Waals surface area contributed by atoms with Crippen molar-refractivity contribution in [2.45, 2.75) is 13.5 Å². The standard InChI is InChI=1S/C20H15N7O2/c1-12-22-20(29-26-12)14-8-9-27-17(10-14)24-25-18(27)11-21-19(28)16-7-6-13-4-2-3-5-15(13)23-16/h2-10H,11H2,1H3,(H,21,28). The normalized spacial score (nSPS) is 11.2. The lowest BCUT2D eigenvalue weighted by atomic mass is 10.2. The van der Waals surface area contributed by atoms with Crippen molar-refractivity contribution in [1.82, 2.24) is 35.0 Å². The van der Waals surface area contributed by atoms with Gasteiger partial charge in [-0.15, -0.1) is 10.2 Å². The summed E-state index contributed by atoms with van der Waals surface area (Å²) in [5.41, 5.74) is 2.50. The van der Waals surface area contributed by atoms with Gasteiger partial charge in [0.15, 0.2) is 17.3 Å². The first-order valence-corrected chi connectivity index (χ1v) is 8.96. The second-order valence-electron chi connectivity index (χ2n) is 6.48. The second kappa shape index (κ2) is 6.79. The molecule has 142 valence electrons. The summed E-state index contributed by atoms with van der Waals surface area (Å²) in [6.45, 7) is 1.97. The molecule has 1 aromatic carbocycles. The fourth-order valence-corrected chi connectivity index (χ4v) is 3.05. The number of benzene rings is 1. The van der Waals surface area contributed by atoms with Gasteiger partial charge in [-0.05, 0) is 31.2 Å². The maximum atomic E-state index is 12.5. The number of para-hydroxylation sites is 1. The van der Waals surface area contributed by atoms with Crippen molar-refractivity contribution in [3.63, 3.8) is 0 Å². The third-order valence-electron chi connectivity index (χ3n) is 4.49. The average Bonchev–Trinajstić information content (AvgIpc) is 3.37. The summed E-state index contributed by atoms with van der Waals surface area (Å²) in [4.78, 5) is 21.1. The van der Waals surface area contributed by atoms with Crippen molar-refractivity contribution in [3.8, 4) is 11.5 Å². The fraction of sp³-hybridized carbons (Fsp3) is 0.100. The van der Waals surface area contributed by atoms with E-state index in [1.54, 1.807) is 29.7 Å². The quantitative estimate of drug-likeness (QED) is 0.506. The van der Waals surface area contributed by atoms with Gasteiger partial charge in [0.05, 0.1) is 12.1 Å². The Morgan fingerprint density at radius 3 is 2.86 bits per heavy atom. The highest BCUT2D eigenvalue weighted by atomic mass is 16.5. The number of carbonyl (C=O) groups excluding carboxylic acids is 1. The Morgan fingerprint density at radius 2 is 2.00 bits per heavy atom. The topological polar surface area (TPSA) is 111 Å². The lowest BCUT2D eigenvalue weighted by molar-refractivity contribution is 0.0945. The van der Waals surface area contributed by atoms with Gasteiger partial charge >= 0.3 is 0 Å². The highest BCUT2D eigenvalue weighted by Crippen LogP contribution is 2.19. The first-order valence-electron chi connectivity index (χ1n) is 8.96. The van der Waals surface area contributed by atoms with E-state index < -0.39 is 0 Å². The van der Waals surface area contributed by atoms with Gasteiger partial charge in [-0.2, -0.15) is 4.98 Å². The number of aromatic nitrogens is 6. The number of carbonyl (C=O) groups is 1. The second-order valence-corrected chi connectivity index (χ2v) is 6.48. The van der Waals surface area contributed by atoms with Crippen LogP contribution in [0.15, 0.2) is 59.3 Å². The Balaban J connectivity index is 1.35. The molecule has 0 atom stereocenters. The van der Waals surface area contributed by atoms with Crippen LogP contribution in [-0.2, 0) is 6.54 Å². The molecule has 0 spiro atoms. The summed E-state index contributed by atoms with van der Waals surface area (Å²) in [6.07, 6.45) is 1.81. The minimum Gasteiger partial charge on any atom is -0.343 e. The third-order valence-corrected chi connectivity index (χ3v) is 4.49. The molecule has 0 aliphatic heterocycles. The molecule has 4 heterocycles. The maximum Gasteiger partial charge on any atom is 0.270 e. The van der Waals surface area contributed by atoms with E-state index in [4.69, 9.17) is 4.52 Å². The summed E-state index contributed by atoms with van der Waals surface area (Å²) in [7, 11) is 0. The van der Waals surface area contributed by atoms with Gasteiger partial charge in [0.25, 0.3) is 11.8 Å². The summed E-state index contributed by atoms with van der Waals surface area (Å²) >= 11 is 0. The predicted molar refractivity (Wildman–Crippen MR) is 104 cm³/mol. The largest absolute Gasteiger partial charge is 0.343 e. The molecule has 0 saturated heterocycles. The minimum absolute atomic E-state index is 0.216. The van der Waals surface area contributed by atoms with Crippen molar-refractivity contribution >= 4 is 22.5 Å². The molecule has 1 amide bonds. The molecule has 0 radical (unpaired) electrons. The molecule has 0 aliphatic carbocycles. The fourth-order valence-electron chi connectivity index (χ4n) is 3.05. The lowest BCUT2D eigenvalue weighted by Gasteiger charge is -2.05. The van der Waals surface area contributed by atoms with Crippen molar-refractivity contribution in [2.24, 2.45) is 0 Å². The van der Waals surface area contributed by atoms with Crippen LogP contribution >= 0.6 is 0 Å². The average molecular weight is 385 g/mol. The highest BCUT2D eigenvalue weighted by Gasteiger charge is 2.13. The Bertz CT molecular complexity index is 1360. The zero-order valence-electron chi connectivity index (χ0n) is 15.4. The molecule has 0 saturated carbocycles. The monoisotopic (exact) mass is 385 g/mol. The Hall–Kier alpha value is -4.14. The van der Waals surface area contributed by atoms with E-state index in [1.165, 1.54) is 0 Å². The first-order chi connectivity index (χ1) is 14.2. The molecule has 9 heteroatoms. The zero-order chi connectivity index (χ0) is 19.8. The van der Waals surface area contributed by atoms with Gasteiger partial charge < -0.3 is 9.84 Å². The summed E-state index contributed by atoms with van der Waals surface area (Å²) < 4.78 is 6.97. The minimum atomic E-state index is -0.273. The number of nitrogens with one attached hydrogen (secondary N) is 1. The molecule has 0 unspecified atom stereocenters. The third kappa shape index (κ3) is 3.18. The molecular formula is C20H15N7O2. The van der Waals surface area contributed by atoms with Gasteiger partial charge in [0, 0.05) is 17.1 Å². The Kier molecular flexibility index (Phi) is 3.98. The molecule has 9 nitrogen and oxygen atoms in total. The number of fused-ring (bicyclic) bond motifs is 2. The van der Waals surface area contributed by atoms with Crippen LogP contribution in [0.2, 0.25) is 0 Å². The number of hydrogen-bond donors (Lipinski definition) is 1. The lowest BCUT2D eigenvalue weighted by Crippen LogP contribution is -2.24. The molecule has 0 fully saturated rings. The predicted octanol–water partition coefficient (Wildman–Crippen LogP) is 2.57. The van der Waals surface area contributed by atoms with Crippen LogP contribution in [0, 0.1) is 6.92 Å². The number of rotatable bonds is 4. The van der Waals surface area contributed by atoms with Gasteiger partial charge in [0.2, 0.25) is 0 Å². The summed E-state index contributed by atoms with van der Waals surface area (Å²) in [6, 6.07) is 14.9. The van der Waals surface area contributed by atoms with Crippen LogP contribution < -0.4 is 5.32 Å². The SMILES string of the molecule is Cc1noc(-c2ccn3c(CNC(=O)c4ccc5ccccc5n4)nnc3c2)n1. The van der Waals surface area contributed by atoms with Crippen LogP contribution in [0.25, 0.3) is 28.0 Å². The van der Waals surface area contributed by atoms with E-state index in [9.17, 15) is 4.79 Å². The first kappa shape index (κ1) is 17.0. The van der Waals surface area contributed by atoms with Crippen LogP contribution in [0.1, 0.15) is 22.1 Å². The molecule has 4 aromatic heterocycles. The highest BCUT2D eigenvalue weighted by molar-refractivity contribution is 5.94. The smallest absolute Gasteiger partial charge is 0.270 e. The van der Waals surface area contributed by atoms with E-state index in [1.807, 2.05) is 36.4 Å². The van der Waals surface area contributed by atoms with Gasteiger partial charge in [-0.3, -0.25) is 9.20 Å². The number of pyridine rings is 2. The van der Waals surface area contributed by atoms with Gasteiger partial charge in [-0.25, -0.2) is 4.98 Å². The zero-order valence-corrected chi connectivity index (χ0v) is 15.4. The molecule has 1 N–H and O–H groups in total. The van der Waals surface area contributed by atoms with E-state index in [0.717, 1.165) is 16.5 Å². The number of nitrogens with zero attached hydrogens (tertiary/aromatic N) is 6. The van der Waals surface area contributed by atoms with Gasteiger partial charge in [-0.1, -0.05) is 29.4 Å². The van der Waals surface area contributed by atoms with E-state index in [-0.39, 0.29) is 12.5 Å². The van der Waals surface area contributed by atoms with Crippen LogP contribution in [0.3, 0.4) is 0 Å². The van der Waals surface area contributed by atoms with E-state index >= 15 is 0 Å². The van der Waals surface area contributed by atoms with Crippen molar-refractivity contribution in [2.75, 3.05) is 0 Å². The Morgan fingerprint density at radius 1 is 1.10 bits per heavy atom. The molecule has 29 heavy (non-hydrogen) atoms. The van der Waals surface area contributed by atoms with E-state index in [2.05, 4.69) is 30.6 Å². The maximum absolute atomic E-state index is 12.5. The molecule has 0 aliphatic rings. The van der Waals surface area contributed by atoms with Crippen molar-refractivity contribution < 1.29 is 9.32 Å². The van der Waals surface area contributed by atoms with Gasteiger partial charge in [0.1, 0.15) is 5.69 Å². The molecule has 5 rings (SSSR count). The molecular weight excluding hydrogens is 370 g/mol. The van der Waals surface area contributed by atoms with Crippen LogP contribution in [0.4, 0.5) is 0 Å². The number of hydrogen-bond acceptors (Lipinski definition) is 7. The van der Waals surface area contributed by atoms with Crippen molar-refractivity contribution in [1.29, 1.82) is 0 Å². The van der Waals surface area contributed by atoms with Crippen molar-refractivity contribution in [3.05, 3.63) is 72.1 Å². The number of aryl methyl sites for hydroxylation is 1.